The van der Waals surface area contributed by atoms with Gasteiger partial charge >= 0.3 is 0 Å². The fraction of sp³-hybridized carbons (Fsp3) is 0.435. The Morgan fingerprint density at radius 2 is 2.00 bits per heavy atom. The molecule has 0 radical (unpaired) electrons. The smallest absolute Gasteiger partial charge is 0.254 e. The minimum Gasteiger partial charge on any atom is -0.391 e. The van der Waals surface area contributed by atoms with Gasteiger partial charge in [-0.05, 0) is 39.0 Å². The summed E-state index contributed by atoms with van der Waals surface area (Å²) in [5, 5.41) is 22.1. The molecule has 0 aliphatic carbocycles. The van der Waals surface area contributed by atoms with Crippen LogP contribution in [0.1, 0.15) is 42.5 Å². The van der Waals surface area contributed by atoms with Crippen LogP contribution in [0.15, 0.2) is 24.5 Å². The van der Waals surface area contributed by atoms with Gasteiger partial charge in [0.1, 0.15) is 11.3 Å². The Morgan fingerprint density at radius 1 is 1.23 bits per heavy atom. The first-order valence-electron chi connectivity index (χ1n) is 11.5. The van der Waals surface area contributed by atoms with E-state index >= 15 is 0 Å². The molecule has 3 atom stereocenters. The largest absolute Gasteiger partial charge is 0.391 e. The van der Waals surface area contributed by atoms with Crippen LogP contribution in [-0.2, 0) is 6.54 Å². The molecule has 5 rings (SSSR count). The lowest BCUT2D eigenvalue weighted by molar-refractivity contribution is -0.0217. The molecule has 6 N–H and O–H groups in total. The van der Waals surface area contributed by atoms with Crippen molar-refractivity contribution in [3.63, 3.8) is 0 Å². The standard InChI is InChI=1S/C23H29N9O3/c1-4-31-12(2)27-15-7-13(5-6-16(15)31)21(34)30-9-14(33)8-23(3,35)17(10-30)32-11-26-18-19(24)28-22(25)29-20(18)32/h5-7,11,14,17,33,35H,4,8-10H2,1-3H3,(H4,24,25,28,29)/t14-,17+,23+/m0/s1. The number of imidazole rings is 2. The second-order valence-electron chi connectivity index (χ2n) is 9.34. The molecule has 4 heterocycles. The number of benzene rings is 1. The van der Waals surface area contributed by atoms with Crippen molar-refractivity contribution < 1.29 is 15.0 Å². The molecule has 1 aromatic carbocycles. The number of carbonyl (C=O) groups is 1. The Labute approximate surface area is 201 Å². The summed E-state index contributed by atoms with van der Waals surface area (Å²) in [7, 11) is 0. The topological polar surface area (TPSA) is 174 Å². The van der Waals surface area contributed by atoms with Crippen molar-refractivity contribution in [2.75, 3.05) is 24.6 Å². The van der Waals surface area contributed by atoms with Crippen LogP contribution >= 0.6 is 0 Å². The number of carbonyl (C=O) groups excluding carboxylic acids is 1. The van der Waals surface area contributed by atoms with Crippen LogP contribution in [0.2, 0.25) is 0 Å². The monoisotopic (exact) mass is 479 g/mol. The summed E-state index contributed by atoms with van der Waals surface area (Å²) >= 11 is 0. The zero-order valence-corrected chi connectivity index (χ0v) is 19.9. The van der Waals surface area contributed by atoms with E-state index in [0.717, 1.165) is 23.4 Å². The molecular formula is C23H29N9O3. The second-order valence-corrected chi connectivity index (χ2v) is 9.34. The van der Waals surface area contributed by atoms with E-state index in [0.29, 0.717) is 16.7 Å². The lowest BCUT2D eigenvalue weighted by atomic mass is 9.91. The van der Waals surface area contributed by atoms with E-state index in [1.54, 1.807) is 28.5 Å². The molecule has 1 aliphatic rings. The first kappa shape index (κ1) is 23.0. The van der Waals surface area contributed by atoms with Gasteiger partial charge in [-0.15, -0.1) is 0 Å². The summed E-state index contributed by atoms with van der Waals surface area (Å²) in [6.07, 6.45) is 0.626. The number of aliphatic hydroxyl groups excluding tert-OH is 1. The highest BCUT2D eigenvalue weighted by atomic mass is 16.3. The number of rotatable bonds is 3. The molecule has 1 fully saturated rings. The highest BCUT2D eigenvalue weighted by Crippen LogP contribution is 2.34. The summed E-state index contributed by atoms with van der Waals surface area (Å²) in [5.74, 6) is 0.715. The number of hydrogen-bond donors (Lipinski definition) is 4. The van der Waals surface area contributed by atoms with E-state index in [4.69, 9.17) is 11.5 Å². The summed E-state index contributed by atoms with van der Waals surface area (Å²) in [6.45, 7) is 6.56. The third kappa shape index (κ3) is 3.84. The average Bonchev–Trinajstić information content (AvgIpc) is 3.31. The average molecular weight is 480 g/mol. The highest BCUT2D eigenvalue weighted by Gasteiger charge is 2.42. The summed E-state index contributed by atoms with van der Waals surface area (Å²) in [6, 6.07) is 4.75. The molecule has 0 saturated carbocycles. The van der Waals surface area contributed by atoms with Crippen molar-refractivity contribution in [2.24, 2.45) is 0 Å². The fourth-order valence-corrected chi connectivity index (χ4v) is 5.11. The van der Waals surface area contributed by atoms with Crippen LogP contribution in [0.4, 0.5) is 11.8 Å². The number of fused-ring (bicyclic) bond motifs is 2. The minimum absolute atomic E-state index is 0.0203. The van der Waals surface area contributed by atoms with Gasteiger partial charge in [-0.25, -0.2) is 9.97 Å². The summed E-state index contributed by atoms with van der Waals surface area (Å²) < 4.78 is 3.73. The Hall–Kier alpha value is -3.77. The molecule has 12 heteroatoms. The number of β-amino-alcohol motifs (C(OH)–C–C–N with tert-alkyl or cyclic N) is 1. The van der Waals surface area contributed by atoms with Gasteiger partial charge in [0.05, 0.1) is 35.1 Å². The number of likely N-dealkylation sites (tertiary alicyclic amines) is 1. The number of aryl methyl sites for hydroxylation is 2. The number of aromatic nitrogens is 6. The quantitative estimate of drug-likeness (QED) is 0.332. The first-order chi connectivity index (χ1) is 16.6. The molecule has 1 aliphatic heterocycles. The Bertz CT molecular complexity index is 1440. The van der Waals surface area contributed by atoms with Gasteiger partial charge in [0.15, 0.2) is 11.5 Å². The lowest BCUT2D eigenvalue weighted by Crippen LogP contribution is -2.42. The second kappa shape index (κ2) is 8.17. The fourth-order valence-electron chi connectivity index (χ4n) is 5.11. The van der Waals surface area contributed by atoms with Gasteiger partial charge in [0.2, 0.25) is 5.95 Å². The molecule has 12 nitrogen and oxygen atoms in total. The summed E-state index contributed by atoms with van der Waals surface area (Å²) in [5.41, 5.74) is 13.2. The van der Waals surface area contributed by atoms with Gasteiger partial charge < -0.3 is 35.7 Å². The van der Waals surface area contributed by atoms with Crippen molar-refractivity contribution in [1.29, 1.82) is 0 Å². The van der Waals surface area contributed by atoms with Crippen molar-refractivity contribution in [2.45, 2.75) is 51.5 Å². The number of hydrogen-bond acceptors (Lipinski definition) is 9. The Morgan fingerprint density at radius 3 is 2.74 bits per heavy atom. The Kier molecular flexibility index (Phi) is 5.37. The zero-order chi connectivity index (χ0) is 25.1. The molecule has 3 aromatic heterocycles. The van der Waals surface area contributed by atoms with E-state index in [1.165, 1.54) is 6.33 Å². The van der Waals surface area contributed by atoms with Gasteiger partial charge in [-0.1, -0.05) is 0 Å². The predicted octanol–water partition coefficient (Wildman–Crippen LogP) is 0.868. The van der Waals surface area contributed by atoms with Crippen molar-refractivity contribution in [1.82, 2.24) is 34.0 Å². The van der Waals surface area contributed by atoms with Gasteiger partial charge in [0.25, 0.3) is 5.91 Å². The molecule has 1 saturated heterocycles. The maximum atomic E-state index is 13.6. The maximum absolute atomic E-state index is 13.6. The van der Waals surface area contributed by atoms with Crippen LogP contribution in [0.3, 0.4) is 0 Å². The number of nitrogen functional groups attached to an aromatic ring is 2. The van der Waals surface area contributed by atoms with Gasteiger partial charge in [-0.3, -0.25) is 4.79 Å². The molecule has 0 unspecified atom stereocenters. The van der Waals surface area contributed by atoms with E-state index in [1.807, 2.05) is 19.9 Å². The number of amides is 1. The van der Waals surface area contributed by atoms with E-state index in [2.05, 4.69) is 24.5 Å². The van der Waals surface area contributed by atoms with Gasteiger partial charge in [0, 0.05) is 31.6 Å². The molecule has 35 heavy (non-hydrogen) atoms. The van der Waals surface area contributed by atoms with Crippen molar-refractivity contribution >= 4 is 39.9 Å². The zero-order valence-electron chi connectivity index (χ0n) is 19.9. The number of aliphatic hydroxyl groups is 2. The predicted molar refractivity (Wildman–Crippen MR) is 130 cm³/mol. The number of nitrogens with zero attached hydrogens (tertiary/aromatic N) is 7. The van der Waals surface area contributed by atoms with E-state index in [9.17, 15) is 15.0 Å². The molecular weight excluding hydrogens is 450 g/mol. The molecule has 1 amide bonds. The van der Waals surface area contributed by atoms with Crippen molar-refractivity contribution in [3.05, 3.63) is 35.9 Å². The Balaban J connectivity index is 1.54. The minimum atomic E-state index is -1.38. The van der Waals surface area contributed by atoms with Crippen LogP contribution in [0, 0.1) is 6.92 Å². The third-order valence-electron chi connectivity index (χ3n) is 6.78. The van der Waals surface area contributed by atoms with E-state index < -0.39 is 17.7 Å². The van der Waals surface area contributed by atoms with Crippen LogP contribution in [0.5, 0.6) is 0 Å². The van der Waals surface area contributed by atoms with Gasteiger partial charge in [-0.2, -0.15) is 9.97 Å². The molecule has 0 spiro atoms. The molecule has 0 bridgehead atoms. The molecule has 4 aromatic rings. The normalized spacial score (nSPS) is 23.2. The van der Waals surface area contributed by atoms with Crippen LogP contribution < -0.4 is 11.5 Å². The van der Waals surface area contributed by atoms with Crippen molar-refractivity contribution in [3.8, 4) is 0 Å². The third-order valence-corrected chi connectivity index (χ3v) is 6.78. The summed E-state index contributed by atoms with van der Waals surface area (Å²) in [4.78, 5) is 32.2. The van der Waals surface area contributed by atoms with Crippen LogP contribution in [-0.4, -0.2) is 74.9 Å². The maximum Gasteiger partial charge on any atom is 0.254 e. The SMILES string of the molecule is CCn1c(C)nc2cc(C(=O)N3C[C@@H](O)C[C@@](C)(O)[C@H](n4cnc5c(N)nc(N)nc54)C3)ccc21. The lowest BCUT2D eigenvalue weighted by Gasteiger charge is -2.34. The number of nitrogens with two attached hydrogens (primary N) is 2. The first-order valence-corrected chi connectivity index (χ1v) is 11.5. The number of anilines is 2. The highest BCUT2D eigenvalue weighted by molar-refractivity contribution is 5.97. The van der Waals surface area contributed by atoms with E-state index in [-0.39, 0.29) is 37.2 Å². The molecule has 184 valence electrons. The van der Waals surface area contributed by atoms with Crippen LogP contribution in [0.25, 0.3) is 22.2 Å².